The van der Waals surface area contributed by atoms with Crippen molar-refractivity contribution in [2.75, 3.05) is 26.2 Å². The normalized spacial score (nSPS) is 14.9. The predicted octanol–water partition coefficient (Wildman–Crippen LogP) is 3.89. The van der Waals surface area contributed by atoms with Gasteiger partial charge in [-0.05, 0) is 36.9 Å². The highest BCUT2D eigenvalue weighted by atomic mass is 32.1. The lowest BCUT2D eigenvalue weighted by atomic mass is 10.1. The quantitative estimate of drug-likeness (QED) is 0.616. The minimum absolute atomic E-state index is 0.0824. The first kappa shape index (κ1) is 19.7. The van der Waals surface area contributed by atoms with Gasteiger partial charge in [0.05, 0.1) is 5.56 Å². The van der Waals surface area contributed by atoms with Crippen molar-refractivity contribution in [1.82, 2.24) is 15.0 Å². The molecule has 1 saturated heterocycles. The second kappa shape index (κ2) is 8.80. The summed E-state index contributed by atoms with van der Waals surface area (Å²) < 4.78 is 11.3. The summed E-state index contributed by atoms with van der Waals surface area (Å²) in [7, 11) is 0. The van der Waals surface area contributed by atoms with Gasteiger partial charge in [0.25, 0.3) is 5.91 Å². The Bertz CT molecular complexity index is 960. The van der Waals surface area contributed by atoms with Crippen molar-refractivity contribution in [3.05, 3.63) is 69.2 Å². The summed E-state index contributed by atoms with van der Waals surface area (Å²) in [6.07, 6.45) is 0. The Morgan fingerprint density at radius 1 is 1.14 bits per heavy atom. The third-order valence-corrected chi connectivity index (χ3v) is 6.13. The molecule has 4 rings (SSSR count). The van der Waals surface area contributed by atoms with E-state index in [1.54, 1.807) is 11.3 Å². The summed E-state index contributed by atoms with van der Waals surface area (Å²) in [5.74, 6) is 1.34. The zero-order chi connectivity index (χ0) is 20.2. The number of thiophene rings is 1. The van der Waals surface area contributed by atoms with E-state index in [2.05, 4.69) is 27.6 Å². The van der Waals surface area contributed by atoms with Crippen LogP contribution in [0.15, 0.2) is 46.3 Å². The van der Waals surface area contributed by atoms with Crippen molar-refractivity contribution in [2.45, 2.75) is 27.0 Å². The monoisotopic (exact) mass is 411 g/mol. The molecule has 0 atom stereocenters. The summed E-state index contributed by atoms with van der Waals surface area (Å²) in [4.78, 5) is 18.7. The van der Waals surface area contributed by atoms with Crippen molar-refractivity contribution >= 4 is 17.2 Å². The fourth-order valence-corrected chi connectivity index (χ4v) is 4.23. The van der Waals surface area contributed by atoms with Crippen LogP contribution in [0, 0.1) is 13.8 Å². The van der Waals surface area contributed by atoms with E-state index >= 15 is 0 Å². The van der Waals surface area contributed by atoms with Crippen LogP contribution in [0.25, 0.3) is 0 Å². The van der Waals surface area contributed by atoms with Crippen LogP contribution < -0.4 is 4.74 Å². The lowest BCUT2D eigenvalue weighted by molar-refractivity contribution is 0.0617. The van der Waals surface area contributed by atoms with Gasteiger partial charge in [0.1, 0.15) is 18.1 Å². The van der Waals surface area contributed by atoms with Gasteiger partial charge in [0.15, 0.2) is 5.69 Å². The lowest BCUT2D eigenvalue weighted by Gasteiger charge is -2.34. The van der Waals surface area contributed by atoms with Crippen molar-refractivity contribution in [3.63, 3.8) is 0 Å². The van der Waals surface area contributed by atoms with Gasteiger partial charge in [-0.15, -0.1) is 11.3 Å². The average molecular weight is 412 g/mol. The van der Waals surface area contributed by atoms with E-state index in [4.69, 9.17) is 9.26 Å². The van der Waals surface area contributed by atoms with E-state index in [1.165, 1.54) is 4.88 Å². The van der Waals surface area contributed by atoms with Crippen molar-refractivity contribution in [1.29, 1.82) is 0 Å². The van der Waals surface area contributed by atoms with Gasteiger partial charge in [-0.25, -0.2) is 0 Å². The van der Waals surface area contributed by atoms with Crippen LogP contribution in [-0.2, 0) is 13.2 Å². The van der Waals surface area contributed by atoms with E-state index in [1.807, 2.05) is 43.0 Å². The molecule has 0 aliphatic carbocycles. The second-order valence-electron chi connectivity index (χ2n) is 7.27. The third-order valence-electron chi connectivity index (χ3n) is 5.27. The maximum Gasteiger partial charge on any atom is 0.276 e. The van der Waals surface area contributed by atoms with Crippen LogP contribution in [0.5, 0.6) is 5.75 Å². The van der Waals surface area contributed by atoms with Crippen LogP contribution in [0.3, 0.4) is 0 Å². The average Bonchev–Trinajstić information content (AvgIpc) is 3.37. The van der Waals surface area contributed by atoms with Gasteiger partial charge in [-0.3, -0.25) is 9.69 Å². The fraction of sp³-hybridized carbons (Fsp3) is 0.364. The minimum atomic E-state index is -0.0824. The smallest absolute Gasteiger partial charge is 0.276 e. The number of carbonyl (C=O) groups excluding carboxylic acids is 1. The standard InChI is InChI=1S/C22H25N3O3S/c1-16-6-3-4-8-20(16)27-15-19-17(2)28-23-21(19)22(26)25-11-9-24(10-12-25)14-18-7-5-13-29-18/h3-8,13H,9-12,14-15H2,1-2H3. The molecule has 3 aromatic rings. The molecule has 0 radical (unpaired) electrons. The van der Waals surface area contributed by atoms with E-state index in [0.29, 0.717) is 24.5 Å². The molecule has 6 nitrogen and oxygen atoms in total. The number of amides is 1. The number of para-hydroxylation sites is 1. The highest BCUT2D eigenvalue weighted by molar-refractivity contribution is 7.09. The zero-order valence-corrected chi connectivity index (χ0v) is 17.6. The van der Waals surface area contributed by atoms with Gasteiger partial charge in [-0.1, -0.05) is 29.4 Å². The number of benzene rings is 1. The van der Waals surface area contributed by atoms with Crippen LogP contribution in [0.1, 0.15) is 32.3 Å². The molecule has 1 aliphatic rings. The van der Waals surface area contributed by atoms with E-state index in [0.717, 1.165) is 36.5 Å². The SMILES string of the molecule is Cc1ccccc1OCc1c(C(=O)N2CCN(Cc3cccs3)CC2)noc1C. The topological polar surface area (TPSA) is 58.8 Å². The van der Waals surface area contributed by atoms with Crippen LogP contribution >= 0.6 is 11.3 Å². The van der Waals surface area contributed by atoms with Crippen LogP contribution in [0.4, 0.5) is 0 Å². The van der Waals surface area contributed by atoms with E-state index in [9.17, 15) is 4.79 Å². The Kier molecular flexibility index (Phi) is 5.97. The molecule has 2 aromatic heterocycles. The molecule has 29 heavy (non-hydrogen) atoms. The number of carbonyl (C=O) groups is 1. The molecule has 1 amide bonds. The van der Waals surface area contributed by atoms with Crippen molar-refractivity contribution in [3.8, 4) is 5.75 Å². The Hall–Kier alpha value is -2.64. The van der Waals surface area contributed by atoms with E-state index < -0.39 is 0 Å². The largest absolute Gasteiger partial charge is 0.488 e. The summed E-state index contributed by atoms with van der Waals surface area (Å²) in [5.41, 5.74) is 2.14. The highest BCUT2D eigenvalue weighted by Gasteiger charge is 2.28. The first-order valence-electron chi connectivity index (χ1n) is 9.79. The Morgan fingerprint density at radius 2 is 1.93 bits per heavy atom. The number of aromatic nitrogens is 1. The molecule has 1 aromatic carbocycles. The Labute approximate surface area is 174 Å². The molecule has 3 heterocycles. The number of aryl methyl sites for hydroxylation is 2. The molecule has 0 bridgehead atoms. The van der Waals surface area contributed by atoms with Gasteiger partial charge >= 0.3 is 0 Å². The van der Waals surface area contributed by atoms with Gasteiger partial charge in [-0.2, -0.15) is 0 Å². The van der Waals surface area contributed by atoms with Crippen molar-refractivity contribution < 1.29 is 14.1 Å². The first-order chi connectivity index (χ1) is 14.1. The van der Waals surface area contributed by atoms with Gasteiger partial charge in [0, 0.05) is 37.6 Å². The Balaban J connectivity index is 1.38. The number of rotatable bonds is 6. The number of hydrogen-bond donors (Lipinski definition) is 0. The fourth-order valence-electron chi connectivity index (χ4n) is 3.48. The summed E-state index contributed by atoms with van der Waals surface area (Å²) in [5, 5.41) is 6.15. The van der Waals surface area contributed by atoms with Crippen LogP contribution in [-0.4, -0.2) is 47.0 Å². The molecule has 1 aliphatic heterocycles. The Morgan fingerprint density at radius 3 is 2.66 bits per heavy atom. The minimum Gasteiger partial charge on any atom is -0.488 e. The van der Waals surface area contributed by atoms with Crippen LogP contribution in [0.2, 0.25) is 0 Å². The molecule has 0 spiro atoms. The maximum atomic E-state index is 13.1. The number of ether oxygens (including phenoxy) is 1. The third kappa shape index (κ3) is 4.52. The molecular formula is C22H25N3O3S. The second-order valence-corrected chi connectivity index (χ2v) is 8.30. The summed E-state index contributed by atoms with van der Waals surface area (Å²) in [6, 6.07) is 12.1. The summed E-state index contributed by atoms with van der Waals surface area (Å²) in [6.45, 7) is 8.11. The van der Waals surface area contributed by atoms with Gasteiger partial charge < -0.3 is 14.2 Å². The molecule has 152 valence electrons. The number of nitrogens with zero attached hydrogens (tertiary/aromatic N) is 3. The first-order valence-corrected chi connectivity index (χ1v) is 10.7. The lowest BCUT2D eigenvalue weighted by Crippen LogP contribution is -2.48. The van der Waals surface area contributed by atoms with E-state index in [-0.39, 0.29) is 12.5 Å². The molecular weight excluding hydrogens is 386 g/mol. The molecule has 0 unspecified atom stereocenters. The van der Waals surface area contributed by atoms with Gasteiger partial charge in [0.2, 0.25) is 0 Å². The molecule has 7 heteroatoms. The zero-order valence-electron chi connectivity index (χ0n) is 16.8. The summed E-state index contributed by atoms with van der Waals surface area (Å²) >= 11 is 1.77. The molecule has 0 saturated carbocycles. The number of piperazine rings is 1. The number of hydrogen-bond acceptors (Lipinski definition) is 6. The maximum absolute atomic E-state index is 13.1. The highest BCUT2D eigenvalue weighted by Crippen LogP contribution is 2.22. The predicted molar refractivity (Wildman–Crippen MR) is 112 cm³/mol. The van der Waals surface area contributed by atoms with Crippen molar-refractivity contribution in [2.24, 2.45) is 0 Å². The molecule has 0 N–H and O–H groups in total. The molecule has 1 fully saturated rings.